The fourth-order valence-electron chi connectivity index (χ4n) is 2.62. The molecule has 1 aliphatic heterocycles. The first-order valence-electron chi connectivity index (χ1n) is 7.36. The van der Waals surface area contributed by atoms with Crippen LogP contribution < -0.4 is 5.32 Å². The van der Waals surface area contributed by atoms with Crippen LogP contribution in [0.5, 0.6) is 0 Å². The summed E-state index contributed by atoms with van der Waals surface area (Å²) in [5.41, 5.74) is 0.366. The predicted molar refractivity (Wildman–Crippen MR) is 78.4 cm³/mol. The van der Waals surface area contributed by atoms with Crippen molar-refractivity contribution in [3.8, 4) is 0 Å². The molecule has 1 aromatic rings. The van der Waals surface area contributed by atoms with Crippen LogP contribution in [0.3, 0.4) is 0 Å². The lowest BCUT2D eigenvalue weighted by atomic mass is 9.99. The van der Waals surface area contributed by atoms with Gasteiger partial charge in [0, 0.05) is 19.7 Å². The molecule has 2 N–H and O–H groups in total. The lowest BCUT2D eigenvalue weighted by Gasteiger charge is -2.31. The van der Waals surface area contributed by atoms with Gasteiger partial charge in [-0.1, -0.05) is 0 Å². The van der Waals surface area contributed by atoms with Crippen LogP contribution >= 0.6 is 0 Å². The molecule has 0 aliphatic carbocycles. The number of methoxy groups -OCH3 is 1. The number of piperidine rings is 1. The van der Waals surface area contributed by atoms with Crippen LogP contribution in [0.2, 0.25) is 0 Å². The van der Waals surface area contributed by atoms with Crippen LogP contribution in [0.15, 0.2) is 10.5 Å². The number of carbonyl (C=O) groups is 2. The summed E-state index contributed by atoms with van der Waals surface area (Å²) in [6.07, 6.45) is 1.84. The van der Waals surface area contributed by atoms with Crippen LogP contribution in [0.25, 0.3) is 0 Å². The zero-order valence-electron chi connectivity index (χ0n) is 12.9. The Labute approximate surface area is 129 Å². The number of nitrogens with zero attached hydrogens (tertiary/aromatic N) is 1. The molecule has 7 nitrogen and oxygen atoms in total. The zero-order valence-corrected chi connectivity index (χ0v) is 12.9. The molecular formula is C15H22N2O5. The van der Waals surface area contributed by atoms with Crippen molar-refractivity contribution in [2.45, 2.75) is 26.3 Å². The van der Waals surface area contributed by atoms with E-state index in [1.165, 1.54) is 7.11 Å². The minimum atomic E-state index is -0.458. The quantitative estimate of drug-likeness (QED) is 0.818. The molecule has 2 rings (SSSR count). The number of ether oxygens (including phenoxy) is 1. The minimum absolute atomic E-state index is 0.101. The van der Waals surface area contributed by atoms with E-state index in [9.17, 15) is 14.7 Å². The van der Waals surface area contributed by atoms with Crippen LogP contribution in [0.1, 0.15) is 34.7 Å². The van der Waals surface area contributed by atoms with Crippen molar-refractivity contribution in [3.63, 3.8) is 0 Å². The second kappa shape index (κ2) is 7.31. The number of esters is 1. The summed E-state index contributed by atoms with van der Waals surface area (Å²) in [4.78, 5) is 25.3. The van der Waals surface area contributed by atoms with E-state index in [2.05, 4.69) is 10.1 Å². The predicted octanol–water partition coefficient (Wildman–Crippen LogP) is 1.29. The van der Waals surface area contributed by atoms with Gasteiger partial charge in [0.1, 0.15) is 17.1 Å². The van der Waals surface area contributed by atoms with Gasteiger partial charge in [-0.05, 0) is 31.7 Å². The maximum absolute atomic E-state index is 12.1. The molecule has 1 atom stereocenters. The van der Waals surface area contributed by atoms with E-state index in [0.29, 0.717) is 30.2 Å². The number of rotatable bonds is 4. The van der Waals surface area contributed by atoms with Crippen molar-refractivity contribution >= 4 is 12.0 Å². The second-order valence-corrected chi connectivity index (χ2v) is 5.47. The summed E-state index contributed by atoms with van der Waals surface area (Å²) in [6.45, 7) is 3.23. The summed E-state index contributed by atoms with van der Waals surface area (Å²) in [5, 5.41) is 12.0. The Bertz CT molecular complexity index is 540. The summed E-state index contributed by atoms with van der Waals surface area (Å²) in [7, 11) is 1.31. The standard InChI is InChI=1S/C15H22N2O5/c1-10-13(14(19)21-2)6-12(22-10)7-16-15(20)17-5-3-4-11(8-17)9-18/h6,11,18H,3-5,7-9H2,1-2H3,(H,16,20)/t11-/m0/s1. The third-order valence-electron chi connectivity index (χ3n) is 3.85. The third-order valence-corrected chi connectivity index (χ3v) is 3.85. The lowest BCUT2D eigenvalue weighted by molar-refractivity contribution is 0.0598. The molecule has 2 amide bonds. The monoisotopic (exact) mass is 310 g/mol. The number of aryl methyl sites for hydroxylation is 1. The number of furan rings is 1. The van der Waals surface area contributed by atoms with Crippen molar-refractivity contribution in [3.05, 3.63) is 23.2 Å². The fourth-order valence-corrected chi connectivity index (χ4v) is 2.62. The normalized spacial score (nSPS) is 18.1. The number of urea groups is 1. The molecule has 0 radical (unpaired) electrons. The summed E-state index contributed by atoms with van der Waals surface area (Å²) < 4.78 is 10.1. The van der Waals surface area contributed by atoms with Crippen molar-refractivity contribution in [2.24, 2.45) is 5.92 Å². The highest BCUT2D eigenvalue weighted by Gasteiger charge is 2.23. The first kappa shape index (κ1) is 16.4. The first-order chi connectivity index (χ1) is 10.5. The highest BCUT2D eigenvalue weighted by molar-refractivity contribution is 5.90. The fraction of sp³-hybridized carbons (Fsp3) is 0.600. The minimum Gasteiger partial charge on any atom is -0.465 e. The molecule has 0 bridgehead atoms. The highest BCUT2D eigenvalue weighted by Crippen LogP contribution is 2.17. The van der Waals surface area contributed by atoms with Gasteiger partial charge >= 0.3 is 12.0 Å². The maximum Gasteiger partial charge on any atom is 0.341 e. The molecule has 0 aromatic carbocycles. The lowest BCUT2D eigenvalue weighted by Crippen LogP contribution is -2.45. The van der Waals surface area contributed by atoms with Crippen molar-refractivity contribution < 1.29 is 23.8 Å². The number of hydrogen-bond acceptors (Lipinski definition) is 5. The molecule has 1 fully saturated rings. The topological polar surface area (TPSA) is 92.0 Å². The largest absolute Gasteiger partial charge is 0.465 e. The van der Waals surface area contributed by atoms with Gasteiger partial charge in [-0.2, -0.15) is 0 Å². The molecule has 1 aromatic heterocycles. The second-order valence-electron chi connectivity index (χ2n) is 5.47. The van der Waals surface area contributed by atoms with Crippen LogP contribution in [0, 0.1) is 12.8 Å². The average Bonchev–Trinajstić information content (AvgIpc) is 2.92. The molecule has 1 aliphatic rings. The number of nitrogens with one attached hydrogen (secondary N) is 1. The Morgan fingerprint density at radius 1 is 1.55 bits per heavy atom. The Kier molecular flexibility index (Phi) is 5.43. The van der Waals surface area contributed by atoms with E-state index in [4.69, 9.17) is 4.42 Å². The maximum atomic E-state index is 12.1. The molecular weight excluding hydrogens is 288 g/mol. The van der Waals surface area contributed by atoms with E-state index in [1.54, 1.807) is 17.9 Å². The van der Waals surface area contributed by atoms with Gasteiger partial charge in [0.2, 0.25) is 0 Å². The van der Waals surface area contributed by atoms with Crippen molar-refractivity contribution in [2.75, 3.05) is 26.8 Å². The van der Waals surface area contributed by atoms with Crippen LogP contribution in [-0.2, 0) is 11.3 Å². The summed E-state index contributed by atoms with van der Waals surface area (Å²) in [5.74, 6) is 0.660. The van der Waals surface area contributed by atoms with Gasteiger partial charge in [0.25, 0.3) is 0 Å². The van der Waals surface area contributed by atoms with Gasteiger partial charge < -0.3 is 24.5 Å². The number of hydrogen-bond donors (Lipinski definition) is 2. The summed E-state index contributed by atoms with van der Waals surface area (Å²) in [6, 6.07) is 1.39. The van der Waals surface area contributed by atoms with E-state index in [-0.39, 0.29) is 25.1 Å². The van der Waals surface area contributed by atoms with Gasteiger partial charge in [-0.15, -0.1) is 0 Å². The average molecular weight is 310 g/mol. The molecule has 0 unspecified atom stereocenters. The highest BCUT2D eigenvalue weighted by atomic mass is 16.5. The van der Waals surface area contributed by atoms with Gasteiger partial charge in [0.05, 0.1) is 13.7 Å². The molecule has 0 spiro atoms. The molecule has 1 saturated heterocycles. The van der Waals surface area contributed by atoms with Gasteiger partial charge in [-0.25, -0.2) is 9.59 Å². The van der Waals surface area contributed by atoms with E-state index in [0.717, 1.165) is 12.8 Å². The summed E-state index contributed by atoms with van der Waals surface area (Å²) >= 11 is 0. The van der Waals surface area contributed by atoms with Crippen LogP contribution in [-0.4, -0.2) is 48.8 Å². The SMILES string of the molecule is COC(=O)c1cc(CNC(=O)N2CCC[C@H](CO)C2)oc1C. The number of aliphatic hydroxyl groups excluding tert-OH is 1. The Balaban J connectivity index is 1.90. The third kappa shape index (κ3) is 3.79. The first-order valence-corrected chi connectivity index (χ1v) is 7.36. The Hall–Kier alpha value is -2.02. The number of aliphatic hydroxyl groups is 1. The smallest absolute Gasteiger partial charge is 0.341 e. The number of carbonyl (C=O) groups excluding carboxylic acids is 2. The van der Waals surface area contributed by atoms with Crippen LogP contribution in [0.4, 0.5) is 4.79 Å². The van der Waals surface area contributed by atoms with E-state index in [1.807, 2.05) is 0 Å². The van der Waals surface area contributed by atoms with E-state index >= 15 is 0 Å². The molecule has 2 heterocycles. The Morgan fingerprint density at radius 3 is 3.00 bits per heavy atom. The van der Waals surface area contributed by atoms with Gasteiger partial charge in [0.15, 0.2) is 0 Å². The van der Waals surface area contributed by atoms with Gasteiger partial charge in [-0.3, -0.25) is 0 Å². The number of likely N-dealkylation sites (tertiary alicyclic amines) is 1. The van der Waals surface area contributed by atoms with E-state index < -0.39 is 5.97 Å². The molecule has 7 heteroatoms. The number of amides is 2. The molecule has 122 valence electrons. The molecule has 0 saturated carbocycles. The Morgan fingerprint density at radius 2 is 2.32 bits per heavy atom. The van der Waals surface area contributed by atoms with Crippen molar-refractivity contribution in [1.29, 1.82) is 0 Å². The molecule has 22 heavy (non-hydrogen) atoms. The zero-order chi connectivity index (χ0) is 16.1. The van der Waals surface area contributed by atoms with Crippen molar-refractivity contribution in [1.82, 2.24) is 10.2 Å².